The van der Waals surface area contributed by atoms with E-state index in [2.05, 4.69) is 12.2 Å². The molecule has 0 fully saturated rings. The quantitative estimate of drug-likeness (QED) is 0.894. The fourth-order valence-corrected chi connectivity index (χ4v) is 4.30. The Labute approximate surface area is 133 Å². The normalized spacial score (nSPS) is 17.8. The number of hydrogen-bond donors (Lipinski definition) is 1. The Morgan fingerprint density at radius 2 is 2.33 bits per heavy atom. The largest absolute Gasteiger partial charge is 0.309 e. The van der Waals surface area contributed by atoms with Gasteiger partial charge in [0.1, 0.15) is 5.82 Å². The van der Waals surface area contributed by atoms with Crippen LogP contribution in [0.25, 0.3) is 0 Å². The molecule has 0 bridgehead atoms. The van der Waals surface area contributed by atoms with E-state index in [4.69, 9.17) is 16.6 Å². The van der Waals surface area contributed by atoms with Crippen molar-refractivity contribution in [2.75, 3.05) is 6.54 Å². The van der Waals surface area contributed by atoms with E-state index in [-0.39, 0.29) is 5.82 Å². The predicted octanol–water partition coefficient (Wildman–Crippen LogP) is 4.51. The molecule has 3 rings (SSSR count). The van der Waals surface area contributed by atoms with Crippen molar-refractivity contribution < 1.29 is 4.39 Å². The number of aromatic nitrogens is 1. The molecule has 0 saturated heterocycles. The molecule has 1 aromatic carbocycles. The molecule has 1 aliphatic rings. The summed E-state index contributed by atoms with van der Waals surface area (Å²) in [6, 6.07) is 5.01. The van der Waals surface area contributed by atoms with Crippen LogP contribution in [0.4, 0.5) is 4.39 Å². The Bertz CT molecular complexity index is 641. The maximum atomic E-state index is 13.1. The van der Waals surface area contributed by atoms with Crippen LogP contribution in [0.2, 0.25) is 5.02 Å². The zero-order valence-corrected chi connectivity index (χ0v) is 13.5. The Hall–Kier alpha value is -0.970. The molecule has 1 aromatic heterocycles. The molecule has 2 nitrogen and oxygen atoms in total. The van der Waals surface area contributed by atoms with Crippen molar-refractivity contribution in [2.24, 2.45) is 0 Å². The summed E-state index contributed by atoms with van der Waals surface area (Å²) in [6.07, 6.45) is 4.10. The van der Waals surface area contributed by atoms with Gasteiger partial charge in [-0.25, -0.2) is 9.37 Å². The highest BCUT2D eigenvalue weighted by Crippen LogP contribution is 2.35. The SMILES string of the molecule is CCNC1CCCc2nc(Cc3ccc(F)cc3Cl)sc21. The van der Waals surface area contributed by atoms with Crippen LogP contribution in [0.5, 0.6) is 0 Å². The van der Waals surface area contributed by atoms with E-state index < -0.39 is 0 Å². The maximum Gasteiger partial charge on any atom is 0.124 e. The zero-order chi connectivity index (χ0) is 14.8. The van der Waals surface area contributed by atoms with Gasteiger partial charge in [-0.05, 0) is 43.5 Å². The molecule has 0 amide bonds. The van der Waals surface area contributed by atoms with Crippen molar-refractivity contribution >= 4 is 22.9 Å². The molecule has 112 valence electrons. The Morgan fingerprint density at radius 3 is 3.10 bits per heavy atom. The summed E-state index contributed by atoms with van der Waals surface area (Å²) in [6.45, 7) is 3.11. The van der Waals surface area contributed by atoms with Crippen molar-refractivity contribution in [1.82, 2.24) is 10.3 Å². The maximum absolute atomic E-state index is 13.1. The highest BCUT2D eigenvalue weighted by Gasteiger charge is 2.24. The molecule has 1 N–H and O–H groups in total. The summed E-state index contributed by atoms with van der Waals surface area (Å²) >= 11 is 7.87. The van der Waals surface area contributed by atoms with Gasteiger partial charge in [-0.15, -0.1) is 11.3 Å². The monoisotopic (exact) mass is 324 g/mol. The van der Waals surface area contributed by atoms with E-state index >= 15 is 0 Å². The van der Waals surface area contributed by atoms with E-state index in [1.54, 1.807) is 17.4 Å². The molecule has 0 aliphatic heterocycles. The average molecular weight is 325 g/mol. The lowest BCUT2D eigenvalue weighted by molar-refractivity contribution is 0.476. The highest BCUT2D eigenvalue weighted by molar-refractivity contribution is 7.11. The van der Waals surface area contributed by atoms with Crippen LogP contribution in [0.15, 0.2) is 18.2 Å². The molecule has 1 atom stereocenters. The van der Waals surface area contributed by atoms with Gasteiger partial charge < -0.3 is 5.32 Å². The van der Waals surface area contributed by atoms with Crippen LogP contribution in [-0.2, 0) is 12.8 Å². The summed E-state index contributed by atoms with van der Waals surface area (Å²) in [5.74, 6) is -0.297. The van der Waals surface area contributed by atoms with Crippen LogP contribution in [0.1, 0.15) is 46.9 Å². The van der Waals surface area contributed by atoms with E-state index in [1.807, 2.05) is 0 Å². The lowest BCUT2D eigenvalue weighted by Crippen LogP contribution is -2.23. The molecule has 1 aliphatic carbocycles. The number of aryl methyl sites for hydroxylation is 1. The summed E-state index contributed by atoms with van der Waals surface area (Å²) in [4.78, 5) is 6.14. The fourth-order valence-electron chi connectivity index (χ4n) is 2.82. The fraction of sp³-hybridized carbons (Fsp3) is 0.438. The van der Waals surface area contributed by atoms with Gasteiger partial charge >= 0.3 is 0 Å². The molecule has 0 radical (unpaired) electrons. The molecule has 0 saturated carbocycles. The first-order valence-electron chi connectivity index (χ1n) is 7.33. The third kappa shape index (κ3) is 3.28. The number of thiazole rings is 1. The van der Waals surface area contributed by atoms with Crippen LogP contribution >= 0.6 is 22.9 Å². The minimum Gasteiger partial charge on any atom is -0.309 e. The Morgan fingerprint density at radius 1 is 1.48 bits per heavy atom. The smallest absolute Gasteiger partial charge is 0.124 e. The van der Waals surface area contributed by atoms with E-state index in [0.717, 1.165) is 23.5 Å². The van der Waals surface area contributed by atoms with E-state index in [0.29, 0.717) is 17.5 Å². The number of nitrogens with zero attached hydrogens (tertiary/aromatic N) is 1. The van der Waals surface area contributed by atoms with Gasteiger partial charge in [0.25, 0.3) is 0 Å². The van der Waals surface area contributed by atoms with Gasteiger partial charge in [0.05, 0.1) is 10.7 Å². The van der Waals surface area contributed by atoms with Crippen molar-refractivity contribution in [3.63, 3.8) is 0 Å². The third-order valence-corrected chi connectivity index (χ3v) is 5.37. The predicted molar refractivity (Wildman–Crippen MR) is 85.7 cm³/mol. The second-order valence-electron chi connectivity index (χ2n) is 5.33. The van der Waals surface area contributed by atoms with Crippen molar-refractivity contribution in [2.45, 2.75) is 38.6 Å². The number of benzene rings is 1. The van der Waals surface area contributed by atoms with Gasteiger partial charge in [0.15, 0.2) is 0 Å². The number of nitrogens with one attached hydrogen (secondary N) is 1. The first kappa shape index (κ1) is 14.9. The summed E-state index contributed by atoms with van der Waals surface area (Å²) < 4.78 is 13.1. The van der Waals surface area contributed by atoms with Crippen LogP contribution in [-0.4, -0.2) is 11.5 Å². The standard InChI is InChI=1S/C16H18ClFN2S/c1-2-19-13-4-3-5-14-16(13)21-15(20-14)8-10-6-7-11(18)9-12(10)17/h6-7,9,13,19H,2-5,8H2,1H3. The topological polar surface area (TPSA) is 24.9 Å². The van der Waals surface area contributed by atoms with Gasteiger partial charge in [-0.3, -0.25) is 0 Å². The Balaban J connectivity index is 1.84. The number of hydrogen-bond acceptors (Lipinski definition) is 3. The lowest BCUT2D eigenvalue weighted by atomic mass is 9.98. The van der Waals surface area contributed by atoms with Gasteiger partial charge in [-0.2, -0.15) is 0 Å². The van der Waals surface area contributed by atoms with E-state index in [1.165, 1.54) is 35.5 Å². The summed E-state index contributed by atoms with van der Waals surface area (Å²) in [7, 11) is 0. The molecular formula is C16H18ClFN2S. The number of fused-ring (bicyclic) bond motifs is 1. The van der Waals surface area contributed by atoms with Crippen LogP contribution < -0.4 is 5.32 Å². The zero-order valence-electron chi connectivity index (χ0n) is 12.0. The van der Waals surface area contributed by atoms with Crippen molar-refractivity contribution in [1.29, 1.82) is 0 Å². The molecular weight excluding hydrogens is 307 g/mol. The Kier molecular flexibility index (Phi) is 4.57. The second-order valence-corrected chi connectivity index (χ2v) is 6.86. The lowest BCUT2D eigenvalue weighted by Gasteiger charge is -2.21. The highest BCUT2D eigenvalue weighted by atomic mass is 35.5. The number of rotatable bonds is 4. The summed E-state index contributed by atoms with van der Waals surface area (Å²) in [5, 5.41) is 5.08. The molecule has 1 unspecified atom stereocenters. The van der Waals surface area contributed by atoms with Gasteiger partial charge in [0, 0.05) is 22.4 Å². The first-order chi connectivity index (χ1) is 10.2. The van der Waals surface area contributed by atoms with Crippen LogP contribution in [0, 0.1) is 5.82 Å². The number of halogens is 2. The molecule has 0 spiro atoms. The second kappa shape index (κ2) is 6.42. The average Bonchev–Trinajstić information content (AvgIpc) is 2.86. The van der Waals surface area contributed by atoms with Crippen LogP contribution in [0.3, 0.4) is 0 Å². The third-order valence-electron chi connectivity index (χ3n) is 3.80. The molecule has 5 heteroatoms. The van der Waals surface area contributed by atoms with E-state index in [9.17, 15) is 4.39 Å². The molecule has 1 heterocycles. The molecule has 2 aromatic rings. The molecule has 21 heavy (non-hydrogen) atoms. The first-order valence-corrected chi connectivity index (χ1v) is 8.52. The van der Waals surface area contributed by atoms with Crippen molar-refractivity contribution in [3.8, 4) is 0 Å². The van der Waals surface area contributed by atoms with Crippen molar-refractivity contribution in [3.05, 3.63) is 50.2 Å². The van der Waals surface area contributed by atoms with Gasteiger partial charge in [0.2, 0.25) is 0 Å². The van der Waals surface area contributed by atoms with Gasteiger partial charge in [-0.1, -0.05) is 24.6 Å². The minimum absolute atomic E-state index is 0.297. The minimum atomic E-state index is -0.297. The summed E-state index contributed by atoms with van der Waals surface area (Å²) in [5.41, 5.74) is 2.16.